The number of nitrogens with one attached hydrogen (secondary N) is 1. The number of hydrogen-bond donors (Lipinski definition) is 2. The average Bonchev–Trinajstić information content (AvgIpc) is 3.10. The Labute approximate surface area is 204 Å². The highest BCUT2D eigenvalue weighted by molar-refractivity contribution is 5.50. The molecule has 2 aromatic rings. The van der Waals surface area contributed by atoms with Crippen LogP contribution in [0, 0.1) is 18.3 Å². The summed E-state index contributed by atoms with van der Waals surface area (Å²) in [6.45, 7) is 9.37. The molecule has 1 aliphatic carbocycles. The molecular weight excluding hydrogens is 452 g/mol. The second-order valence-corrected chi connectivity index (χ2v) is 10.2. The molecule has 10 heteroatoms. The highest BCUT2D eigenvalue weighted by Gasteiger charge is 2.44. The summed E-state index contributed by atoms with van der Waals surface area (Å²) < 4.78 is 7.48. The van der Waals surface area contributed by atoms with Gasteiger partial charge in [0, 0.05) is 37.1 Å². The third-order valence-corrected chi connectivity index (χ3v) is 6.84. The predicted octanol–water partition coefficient (Wildman–Crippen LogP) is 0.307. The van der Waals surface area contributed by atoms with Crippen LogP contribution in [-0.4, -0.2) is 45.4 Å². The Morgan fingerprint density at radius 2 is 1.74 bits per heavy atom. The molecule has 2 atom stereocenters. The van der Waals surface area contributed by atoms with Crippen LogP contribution in [0.5, 0.6) is 5.88 Å². The van der Waals surface area contributed by atoms with E-state index in [0.717, 1.165) is 11.0 Å². The van der Waals surface area contributed by atoms with Crippen LogP contribution in [0.1, 0.15) is 80.3 Å². The number of aromatic amines is 1. The van der Waals surface area contributed by atoms with Gasteiger partial charge in [0.1, 0.15) is 11.6 Å². The Hall–Kier alpha value is -2.87. The van der Waals surface area contributed by atoms with Gasteiger partial charge in [-0.15, -0.1) is 12.2 Å². The molecule has 10 nitrogen and oxygen atoms in total. The standard InChI is InChI=1S/C25H34N4O6/c1-7-9-15-17(24(34)29(27-15)25(3,4)5)19-20(30)18(21(19)31)16-13(2)14(12-26)22(32)28(23(16)33)10-8-11-35-6/h18-21,27,33H,7-11H2,1-6H3/q-2. The van der Waals surface area contributed by atoms with Gasteiger partial charge in [-0.3, -0.25) is 19.3 Å². The van der Waals surface area contributed by atoms with Gasteiger partial charge in [0.25, 0.3) is 11.1 Å². The maximum Gasteiger partial charge on any atom is 0.271 e. The van der Waals surface area contributed by atoms with Crippen molar-refractivity contribution in [2.24, 2.45) is 0 Å². The van der Waals surface area contributed by atoms with Gasteiger partial charge in [0.05, 0.1) is 5.54 Å². The molecule has 1 fully saturated rings. The van der Waals surface area contributed by atoms with E-state index in [1.165, 1.54) is 18.7 Å². The zero-order chi connectivity index (χ0) is 26.2. The second kappa shape index (κ2) is 10.0. The number of ether oxygens (including phenoxy) is 1. The summed E-state index contributed by atoms with van der Waals surface area (Å²) in [4.78, 5) is 26.0. The maximum absolute atomic E-state index is 13.5. The van der Waals surface area contributed by atoms with Crippen LogP contribution in [-0.2, 0) is 23.2 Å². The zero-order valence-electron chi connectivity index (χ0n) is 21.2. The molecule has 2 heterocycles. The van der Waals surface area contributed by atoms with E-state index in [1.807, 2.05) is 33.8 Å². The Morgan fingerprint density at radius 3 is 2.26 bits per heavy atom. The molecule has 3 rings (SSSR count). The highest BCUT2D eigenvalue weighted by atomic mass is 16.5. The van der Waals surface area contributed by atoms with E-state index in [2.05, 4.69) is 5.10 Å². The molecule has 192 valence electrons. The van der Waals surface area contributed by atoms with Crippen LogP contribution in [0.3, 0.4) is 0 Å². The van der Waals surface area contributed by atoms with Crippen LogP contribution >= 0.6 is 0 Å². The van der Waals surface area contributed by atoms with Crippen molar-refractivity contribution in [2.45, 2.75) is 90.0 Å². The number of aryl methyl sites for hydroxylation is 1. The number of rotatable bonds is 8. The van der Waals surface area contributed by atoms with Gasteiger partial charge in [-0.2, -0.15) is 5.26 Å². The minimum absolute atomic E-state index is 0.0264. The number of pyridine rings is 1. The van der Waals surface area contributed by atoms with E-state index in [9.17, 15) is 30.2 Å². The highest BCUT2D eigenvalue weighted by Crippen LogP contribution is 2.48. The van der Waals surface area contributed by atoms with Crippen molar-refractivity contribution in [1.29, 1.82) is 5.26 Å². The van der Waals surface area contributed by atoms with Crippen molar-refractivity contribution in [2.75, 3.05) is 13.7 Å². The fourth-order valence-electron chi connectivity index (χ4n) is 5.03. The fraction of sp³-hybridized carbons (Fsp3) is 0.640. The molecule has 0 radical (unpaired) electrons. The summed E-state index contributed by atoms with van der Waals surface area (Å²) >= 11 is 0. The monoisotopic (exact) mass is 486 g/mol. The fourth-order valence-corrected chi connectivity index (χ4v) is 5.03. The number of aromatic nitrogens is 3. The molecular formula is C25H34N4O6-2. The number of nitrogens with zero attached hydrogens (tertiary/aromatic N) is 3. The molecule has 2 N–H and O–H groups in total. The van der Waals surface area contributed by atoms with E-state index < -0.39 is 41.0 Å². The lowest BCUT2D eigenvalue weighted by atomic mass is 9.62. The summed E-state index contributed by atoms with van der Waals surface area (Å²) in [7, 11) is 1.50. The van der Waals surface area contributed by atoms with Gasteiger partial charge in [0.2, 0.25) is 0 Å². The SMILES string of the molecule is CCCc1[nH]n(C(C)(C)C)c(=O)c1C1C([O-])C(c2c(C)c(C#N)c(=O)n(CCCOC)c2O)C1[O-]. The molecule has 2 unspecified atom stereocenters. The van der Waals surface area contributed by atoms with Crippen LogP contribution in [0.4, 0.5) is 0 Å². The smallest absolute Gasteiger partial charge is 0.271 e. The molecule has 0 spiro atoms. The van der Waals surface area contributed by atoms with Crippen molar-refractivity contribution in [3.63, 3.8) is 0 Å². The third kappa shape index (κ3) is 4.44. The Morgan fingerprint density at radius 1 is 1.14 bits per heavy atom. The van der Waals surface area contributed by atoms with Gasteiger partial charge in [-0.05, 0) is 57.9 Å². The number of aromatic hydroxyl groups is 1. The van der Waals surface area contributed by atoms with Crippen molar-refractivity contribution < 1.29 is 20.1 Å². The van der Waals surface area contributed by atoms with E-state index >= 15 is 0 Å². The van der Waals surface area contributed by atoms with E-state index in [1.54, 1.807) is 0 Å². The lowest BCUT2D eigenvalue weighted by Gasteiger charge is -2.61. The summed E-state index contributed by atoms with van der Waals surface area (Å²) in [6, 6.07) is 1.85. The van der Waals surface area contributed by atoms with Crippen LogP contribution in [0.2, 0.25) is 0 Å². The summed E-state index contributed by atoms with van der Waals surface area (Å²) in [6.07, 6.45) is -1.39. The van der Waals surface area contributed by atoms with Crippen LogP contribution in [0.15, 0.2) is 9.59 Å². The first-order chi connectivity index (χ1) is 16.4. The number of methoxy groups -OCH3 is 1. The van der Waals surface area contributed by atoms with E-state index in [4.69, 9.17) is 4.74 Å². The number of nitriles is 1. The van der Waals surface area contributed by atoms with Crippen molar-refractivity contribution in [3.05, 3.63) is 48.7 Å². The van der Waals surface area contributed by atoms with Gasteiger partial charge in [0.15, 0.2) is 5.88 Å². The predicted molar refractivity (Wildman–Crippen MR) is 125 cm³/mol. The third-order valence-electron chi connectivity index (χ3n) is 6.84. The largest absolute Gasteiger partial charge is 0.851 e. The quantitative estimate of drug-likeness (QED) is 0.508. The second-order valence-electron chi connectivity index (χ2n) is 10.2. The molecule has 0 aromatic carbocycles. The van der Waals surface area contributed by atoms with Gasteiger partial charge >= 0.3 is 0 Å². The van der Waals surface area contributed by atoms with Crippen LogP contribution in [0.25, 0.3) is 0 Å². The Bertz CT molecular complexity index is 1230. The molecule has 0 saturated heterocycles. The van der Waals surface area contributed by atoms with Crippen molar-refractivity contribution in [3.8, 4) is 11.9 Å². The normalized spacial score (nSPS) is 22.1. The number of H-pyrrole nitrogens is 1. The molecule has 0 bridgehead atoms. The maximum atomic E-state index is 13.5. The first-order valence-electron chi connectivity index (χ1n) is 11.9. The first-order valence-corrected chi connectivity index (χ1v) is 11.9. The molecule has 1 saturated carbocycles. The average molecular weight is 487 g/mol. The summed E-state index contributed by atoms with van der Waals surface area (Å²) in [5.41, 5.74) is -0.865. The summed E-state index contributed by atoms with van der Waals surface area (Å²) in [5.74, 6) is -2.75. The zero-order valence-corrected chi connectivity index (χ0v) is 21.2. The van der Waals surface area contributed by atoms with E-state index in [-0.39, 0.29) is 34.4 Å². The van der Waals surface area contributed by atoms with Gasteiger partial charge in [-0.25, -0.2) is 4.68 Å². The minimum atomic E-state index is -1.51. The molecule has 1 aliphatic rings. The molecule has 2 aromatic heterocycles. The van der Waals surface area contributed by atoms with Crippen molar-refractivity contribution in [1.82, 2.24) is 14.3 Å². The molecule has 0 amide bonds. The van der Waals surface area contributed by atoms with Crippen LogP contribution < -0.4 is 21.3 Å². The number of hydrogen-bond acceptors (Lipinski definition) is 7. The lowest BCUT2D eigenvalue weighted by molar-refractivity contribution is -0.536. The van der Waals surface area contributed by atoms with Gasteiger partial charge in [-0.1, -0.05) is 13.3 Å². The minimum Gasteiger partial charge on any atom is -0.851 e. The first kappa shape index (κ1) is 26.7. The summed E-state index contributed by atoms with van der Waals surface area (Å²) in [5, 5.41) is 50.7. The van der Waals surface area contributed by atoms with Crippen molar-refractivity contribution >= 4 is 0 Å². The molecule has 35 heavy (non-hydrogen) atoms. The van der Waals surface area contributed by atoms with E-state index in [0.29, 0.717) is 25.1 Å². The Balaban J connectivity index is 2.10. The Kier molecular flexibility index (Phi) is 7.65. The lowest BCUT2D eigenvalue weighted by Crippen LogP contribution is -2.65. The topological polar surface area (TPSA) is 159 Å². The van der Waals surface area contributed by atoms with Gasteiger partial charge < -0.3 is 20.1 Å². The molecule has 0 aliphatic heterocycles.